The minimum absolute atomic E-state index is 0.204. The van der Waals surface area contributed by atoms with E-state index in [-0.39, 0.29) is 13.1 Å². The normalized spacial score (nSPS) is 17.6. The average molecular weight is 493 g/mol. The van der Waals surface area contributed by atoms with E-state index >= 15 is 0 Å². The van der Waals surface area contributed by atoms with Crippen molar-refractivity contribution in [3.63, 3.8) is 0 Å². The predicted octanol–water partition coefficient (Wildman–Crippen LogP) is 1.94. The number of nitrogens with zero attached hydrogens (tertiary/aromatic N) is 8. The van der Waals surface area contributed by atoms with Gasteiger partial charge in [-0.15, -0.1) is 0 Å². The predicted molar refractivity (Wildman–Crippen MR) is 132 cm³/mol. The van der Waals surface area contributed by atoms with Crippen LogP contribution in [0, 0.1) is 0 Å². The molecule has 2 aliphatic heterocycles. The van der Waals surface area contributed by atoms with E-state index < -0.39 is 11.7 Å². The quantitative estimate of drug-likeness (QED) is 0.445. The van der Waals surface area contributed by atoms with Crippen molar-refractivity contribution in [1.29, 1.82) is 0 Å². The molecule has 0 atom stereocenters. The number of carbonyl (C=O) groups is 1. The standard InChI is InChI=1S/C24H28N8O4/c1-4-17-25-15-7-5-6-8-16(15)32(17)22-27-19-18(20(28-22)30-9-11-36-12-10-30)26-21(29(19)2)24(35-3)13-31(14-24)23(33)34/h5-8H,4,9-14H2,1-3H3,(H,33,34). The summed E-state index contributed by atoms with van der Waals surface area (Å²) in [7, 11) is 3.48. The maximum atomic E-state index is 11.5. The molecular weight excluding hydrogens is 464 g/mol. The molecule has 12 nitrogen and oxygen atoms in total. The summed E-state index contributed by atoms with van der Waals surface area (Å²) in [5.74, 6) is 2.75. The molecular formula is C24H28N8O4. The molecule has 1 amide bonds. The largest absolute Gasteiger partial charge is 0.465 e. The molecule has 5 heterocycles. The Labute approximate surface area is 207 Å². The lowest BCUT2D eigenvalue weighted by Crippen LogP contribution is -2.62. The molecule has 0 unspecified atom stereocenters. The second-order valence-electron chi connectivity index (χ2n) is 9.16. The van der Waals surface area contributed by atoms with Crippen molar-refractivity contribution in [3.8, 4) is 5.95 Å². The second kappa shape index (κ2) is 8.42. The van der Waals surface area contributed by atoms with Gasteiger partial charge in [0.05, 0.1) is 37.3 Å². The Kier molecular flexibility index (Phi) is 5.30. The fourth-order valence-corrected chi connectivity index (χ4v) is 5.14. The van der Waals surface area contributed by atoms with E-state index in [0.717, 1.165) is 29.1 Å². The molecule has 1 aromatic carbocycles. The minimum Gasteiger partial charge on any atom is -0.465 e. The number of methoxy groups -OCH3 is 1. The van der Waals surface area contributed by atoms with E-state index in [9.17, 15) is 9.90 Å². The SMILES string of the molecule is CCc1nc2ccccc2n1-c1nc(N2CCOCC2)c2nc(C3(OC)CN(C(=O)O)C3)n(C)c2n1. The van der Waals surface area contributed by atoms with Crippen LogP contribution in [0.5, 0.6) is 0 Å². The molecule has 0 bridgehead atoms. The van der Waals surface area contributed by atoms with Gasteiger partial charge < -0.3 is 28.9 Å². The number of rotatable bonds is 5. The number of aromatic nitrogens is 6. The van der Waals surface area contributed by atoms with Crippen molar-refractivity contribution in [2.75, 3.05) is 51.4 Å². The van der Waals surface area contributed by atoms with Gasteiger partial charge in [-0.25, -0.2) is 14.8 Å². The molecule has 3 aromatic heterocycles. The van der Waals surface area contributed by atoms with Gasteiger partial charge in [-0.1, -0.05) is 19.1 Å². The highest BCUT2D eigenvalue weighted by Gasteiger charge is 2.50. The van der Waals surface area contributed by atoms with Gasteiger partial charge in [0.2, 0.25) is 5.95 Å². The maximum absolute atomic E-state index is 11.5. The van der Waals surface area contributed by atoms with E-state index in [0.29, 0.717) is 49.2 Å². The molecule has 2 fully saturated rings. The number of amides is 1. The highest BCUT2D eigenvalue weighted by molar-refractivity contribution is 5.86. The number of ether oxygens (including phenoxy) is 2. The van der Waals surface area contributed by atoms with Gasteiger partial charge in [0.15, 0.2) is 22.6 Å². The zero-order valence-corrected chi connectivity index (χ0v) is 20.5. The molecule has 0 aliphatic carbocycles. The summed E-state index contributed by atoms with van der Waals surface area (Å²) in [6.07, 6.45) is -0.256. The van der Waals surface area contributed by atoms with Gasteiger partial charge in [-0.2, -0.15) is 9.97 Å². The van der Waals surface area contributed by atoms with Gasteiger partial charge in [0.25, 0.3) is 0 Å². The van der Waals surface area contributed by atoms with Crippen LogP contribution < -0.4 is 4.90 Å². The number of morpholine rings is 1. The number of aryl methyl sites for hydroxylation is 2. The first-order valence-corrected chi connectivity index (χ1v) is 12.0. The van der Waals surface area contributed by atoms with Crippen LogP contribution in [0.3, 0.4) is 0 Å². The molecule has 2 aliphatic rings. The molecule has 2 saturated heterocycles. The topological polar surface area (TPSA) is 124 Å². The highest BCUT2D eigenvalue weighted by atomic mass is 16.5. The van der Waals surface area contributed by atoms with Crippen LogP contribution in [0.2, 0.25) is 0 Å². The van der Waals surface area contributed by atoms with Crippen molar-refractivity contribution < 1.29 is 19.4 Å². The third-order valence-electron chi connectivity index (χ3n) is 7.11. The van der Waals surface area contributed by atoms with Gasteiger partial charge in [-0.05, 0) is 12.1 Å². The number of benzene rings is 1. The number of imidazole rings is 2. The minimum atomic E-state index is -0.975. The van der Waals surface area contributed by atoms with Crippen LogP contribution >= 0.6 is 0 Å². The first-order valence-electron chi connectivity index (χ1n) is 12.0. The Hall–Kier alpha value is -3.77. The Morgan fingerprint density at radius 1 is 1.14 bits per heavy atom. The number of hydrogen-bond donors (Lipinski definition) is 1. The van der Waals surface area contributed by atoms with Gasteiger partial charge in [-0.3, -0.25) is 4.57 Å². The molecule has 12 heteroatoms. The van der Waals surface area contributed by atoms with Crippen molar-refractivity contribution >= 4 is 34.1 Å². The molecule has 4 aromatic rings. The molecule has 0 spiro atoms. The van der Waals surface area contributed by atoms with Gasteiger partial charge in [0.1, 0.15) is 11.6 Å². The van der Waals surface area contributed by atoms with E-state index in [1.54, 1.807) is 7.11 Å². The van der Waals surface area contributed by atoms with Crippen molar-refractivity contribution in [3.05, 3.63) is 35.9 Å². The van der Waals surface area contributed by atoms with Crippen LogP contribution in [-0.4, -0.2) is 91.7 Å². The molecule has 6 rings (SSSR count). The van der Waals surface area contributed by atoms with Crippen molar-refractivity contribution in [2.24, 2.45) is 7.05 Å². The van der Waals surface area contributed by atoms with Crippen molar-refractivity contribution in [1.82, 2.24) is 34.0 Å². The van der Waals surface area contributed by atoms with Crippen LogP contribution in [0.15, 0.2) is 24.3 Å². The Bertz CT molecular complexity index is 1470. The summed E-state index contributed by atoms with van der Waals surface area (Å²) < 4.78 is 15.3. The fourth-order valence-electron chi connectivity index (χ4n) is 5.14. The first kappa shape index (κ1) is 22.7. The lowest BCUT2D eigenvalue weighted by molar-refractivity contribution is -0.124. The molecule has 0 radical (unpaired) electrons. The third kappa shape index (κ3) is 3.32. The van der Waals surface area contributed by atoms with Crippen LogP contribution in [0.25, 0.3) is 28.1 Å². The smallest absolute Gasteiger partial charge is 0.407 e. The second-order valence-corrected chi connectivity index (χ2v) is 9.16. The summed E-state index contributed by atoms with van der Waals surface area (Å²) in [6, 6.07) is 7.96. The van der Waals surface area contributed by atoms with E-state index in [4.69, 9.17) is 29.4 Å². The number of fused-ring (bicyclic) bond motifs is 2. The molecule has 0 saturated carbocycles. The fraction of sp³-hybridized carbons (Fsp3) is 0.458. The third-order valence-corrected chi connectivity index (χ3v) is 7.11. The lowest BCUT2D eigenvalue weighted by Gasteiger charge is -2.46. The molecule has 1 N–H and O–H groups in total. The van der Waals surface area contributed by atoms with Gasteiger partial charge in [0, 0.05) is 33.7 Å². The number of anilines is 1. The van der Waals surface area contributed by atoms with Crippen molar-refractivity contribution in [2.45, 2.75) is 18.9 Å². The average Bonchev–Trinajstić information content (AvgIpc) is 3.42. The van der Waals surface area contributed by atoms with E-state index in [1.165, 1.54) is 4.90 Å². The number of hydrogen-bond acceptors (Lipinski definition) is 8. The number of carboxylic acid groups (broad SMARTS) is 1. The van der Waals surface area contributed by atoms with Gasteiger partial charge >= 0.3 is 6.09 Å². The van der Waals surface area contributed by atoms with Crippen LogP contribution in [-0.2, 0) is 28.5 Å². The summed E-state index contributed by atoms with van der Waals surface area (Å²) in [6.45, 7) is 5.05. The van der Waals surface area contributed by atoms with E-state index in [2.05, 4.69) is 11.8 Å². The zero-order chi connectivity index (χ0) is 25.0. The monoisotopic (exact) mass is 492 g/mol. The summed E-state index contributed by atoms with van der Waals surface area (Å²) in [5, 5.41) is 9.40. The molecule has 36 heavy (non-hydrogen) atoms. The number of para-hydroxylation sites is 2. The van der Waals surface area contributed by atoms with Crippen LogP contribution in [0.1, 0.15) is 18.6 Å². The Morgan fingerprint density at radius 2 is 1.89 bits per heavy atom. The summed E-state index contributed by atoms with van der Waals surface area (Å²) in [4.78, 5) is 34.7. The summed E-state index contributed by atoms with van der Waals surface area (Å²) in [5.41, 5.74) is 2.30. The van der Waals surface area contributed by atoms with Crippen LogP contribution in [0.4, 0.5) is 10.6 Å². The lowest BCUT2D eigenvalue weighted by atomic mass is 9.93. The first-order chi connectivity index (χ1) is 17.5. The maximum Gasteiger partial charge on any atom is 0.407 e. The zero-order valence-electron chi connectivity index (χ0n) is 20.5. The Balaban J connectivity index is 1.57. The number of likely N-dealkylation sites (tertiary alicyclic amines) is 1. The Morgan fingerprint density at radius 3 is 2.58 bits per heavy atom. The highest BCUT2D eigenvalue weighted by Crippen LogP contribution is 2.37. The summed E-state index contributed by atoms with van der Waals surface area (Å²) >= 11 is 0. The van der Waals surface area contributed by atoms with E-state index in [1.807, 2.05) is 40.4 Å². The molecule has 188 valence electrons.